The minimum Gasteiger partial charge on any atom is -0.439 e. The third-order valence-electron chi connectivity index (χ3n) is 2.55. The fraction of sp³-hybridized carbons (Fsp3) is 0.214. The summed E-state index contributed by atoms with van der Waals surface area (Å²) in [5.74, 6) is 0.907. The fourth-order valence-corrected chi connectivity index (χ4v) is 1.82. The van der Waals surface area contributed by atoms with Crippen LogP contribution in [0.3, 0.4) is 0 Å². The van der Waals surface area contributed by atoms with Crippen LogP contribution in [0.5, 0.6) is 11.6 Å². The van der Waals surface area contributed by atoms with E-state index in [0.29, 0.717) is 11.8 Å². The summed E-state index contributed by atoms with van der Waals surface area (Å²) in [7, 11) is 0. The van der Waals surface area contributed by atoms with Crippen LogP contribution in [0.15, 0.2) is 36.4 Å². The highest BCUT2D eigenvalue weighted by molar-refractivity contribution is 6.17. The molecule has 1 aromatic heterocycles. The molecular weight excluding hydrogens is 291 g/mol. The minimum absolute atomic E-state index is 0.289. The smallest absolute Gasteiger partial charge is 0.416 e. The summed E-state index contributed by atoms with van der Waals surface area (Å²) in [5.41, 5.74) is 0.842. The molecule has 0 spiro atoms. The number of nitrogens with zero attached hydrogens (tertiary/aromatic N) is 1. The number of hydrogen-bond donors (Lipinski definition) is 0. The molecule has 6 heteroatoms. The highest BCUT2D eigenvalue weighted by Gasteiger charge is 2.30. The molecule has 0 N–H and O–H groups in total. The van der Waals surface area contributed by atoms with E-state index >= 15 is 0 Å². The first-order valence-electron chi connectivity index (χ1n) is 5.77. The molecule has 0 fully saturated rings. The van der Waals surface area contributed by atoms with Crippen LogP contribution in [0.2, 0.25) is 0 Å². The zero-order valence-electron chi connectivity index (χ0n) is 10.5. The Labute approximate surface area is 119 Å². The predicted octanol–water partition coefficient (Wildman–Crippen LogP) is 4.94. The van der Waals surface area contributed by atoms with E-state index in [4.69, 9.17) is 16.3 Å². The Morgan fingerprint density at radius 1 is 1.15 bits per heavy atom. The Balaban J connectivity index is 2.20. The van der Waals surface area contributed by atoms with Gasteiger partial charge in [-0.3, -0.25) is 0 Å². The van der Waals surface area contributed by atoms with Crippen molar-refractivity contribution in [1.82, 2.24) is 4.98 Å². The highest BCUT2D eigenvalue weighted by atomic mass is 35.5. The number of halogens is 4. The van der Waals surface area contributed by atoms with Gasteiger partial charge >= 0.3 is 6.18 Å². The summed E-state index contributed by atoms with van der Waals surface area (Å²) >= 11 is 5.74. The van der Waals surface area contributed by atoms with Gasteiger partial charge in [-0.2, -0.15) is 13.2 Å². The molecule has 0 aliphatic rings. The minimum atomic E-state index is -4.36. The van der Waals surface area contributed by atoms with Gasteiger partial charge < -0.3 is 4.74 Å². The number of hydrogen-bond acceptors (Lipinski definition) is 2. The number of aromatic nitrogens is 1. The first-order valence-corrected chi connectivity index (χ1v) is 6.30. The van der Waals surface area contributed by atoms with E-state index in [1.807, 2.05) is 6.07 Å². The van der Waals surface area contributed by atoms with Crippen molar-refractivity contribution in [3.8, 4) is 11.6 Å². The third-order valence-corrected chi connectivity index (χ3v) is 2.86. The second-order valence-corrected chi connectivity index (χ2v) is 4.48. The summed E-state index contributed by atoms with van der Waals surface area (Å²) in [6.07, 6.45) is -4.36. The molecule has 0 saturated heterocycles. The van der Waals surface area contributed by atoms with Crippen molar-refractivity contribution in [2.24, 2.45) is 0 Å². The molecule has 2 nitrogen and oxygen atoms in total. The van der Waals surface area contributed by atoms with E-state index in [9.17, 15) is 13.2 Å². The quantitative estimate of drug-likeness (QED) is 0.749. The van der Waals surface area contributed by atoms with E-state index in [-0.39, 0.29) is 5.75 Å². The lowest BCUT2D eigenvalue weighted by atomic mass is 10.2. The molecule has 0 bridgehead atoms. The average Bonchev–Trinajstić information content (AvgIpc) is 2.37. The second kappa shape index (κ2) is 5.71. The Hall–Kier alpha value is -1.75. The predicted molar refractivity (Wildman–Crippen MR) is 70.0 cm³/mol. The number of ether oxygens (including phenoxy) is 1. The van der Waals surface area contributed by atoms with Gasteiger partial charge in [-0.25, -0.2) is 4.98 Å². The maximum absolute atomic E-state index is 12.4. The van der Waals surface area contributed by atoms with Gasteiger partial charge in [0.05, 0.1) is 5.56 Å². The van der Waals surface area contributed by atoms with Crippen LogP contribution >= 0.6 is 11.6 Å². The van der Waals surface area contributed by atoms with Crippen LogP contribution in [0.25, 0.3) is 0 Å². The summed E-state index contributed by atoms with van der Waals surface area (Å²) in [6, 6.07) is 7.91. The van der Waals surface area contributed by atoms with Crippen molar-refractivity contribution in [3.05, 3.63) is 53.2 Å². The molecule has 2 aromatic rings. The SMILES string of the molecule is Cc1cc(CCl)cc(Oc2ccc(C(F)(F)F)cc2)n1. The van der Waals surface area contributed by atoms with Crippen LogP contribution in [-0.4, -0.2) is 4.98 Å². The molecule has 0 atom stereocenters. The molecule has 0 aliphatic heterocycles. The molecule has 0 saturated carbocycles. The molecule has 0 radical (unpaired) electrons. The van der Waals surface area contributed by atoms with Crippen molar-refractivity contribution >= 4 is 11.6 Å². The van der Waals surface area contributed by atoms with Crippen LogP contribution in [0, 0.1) is 6.92 Å². The lowest BCUT2D eigenvalue weighted by Crippen LogP contribution is -2.04. The maximum Gasteiger partial charge on any atom is 0.416 e. The lowest BCUT2D eigenvalue weighted by Gasteiger charge is -2.09. The van der Waals surface area contributed by atoms with Crippen molar-refractivity contribution in [1.29, 1.82) is 0 Å². The van der Waals surface area contributed by atoms with E-state index < -0.39 is 11.7 Å². The van der Waals surface area contributed by atoms with Gasteiger partial charge in [0.25, 0.3) is 0 Å². The van der Waals surface area contributed by atoms with E-state index in [2.05, 4.69) is 4.98 Å². The van der Waals surface area contributed by atoms with Crippen LogP contribution in [0.1, 0.15) is 16.8 Å². The number of benzene rings is 1. The van der Waals surface area contributed by atoms with Crippen LogP contribution in [-0.2, 0) is 12.1 Å². The number of pyridine rings is 1. The summed E-state index contributed by atoms with van der Waals surface area (Å²) in [4.78, 5) is 4.15. The standard InChI is InChI=1S/C14H11ClF3NO/c1-9-6-10(8-15)7-13(19-9)20-12-4-2-11(3-5-12)14(16,17)18/h2-7H,8H2,1H3. The van der Waals surface area contributed by atoms with Crippen molar-refractivity contribution in [2.75, 3.05) is 0 Å². The average molecular weight is 302 g/mol. The molecule has 0 aliphatic carbocycles. The fourth-order valence-electron chi connectivity index (χ4n) is 1.67. The van der Waals surface area contributed by atoms with Gasteiger partial charge in [0, 0.05) is 17.6 Å². The third kappa shape index (κ3) is 3.63. The van der Waals surface area contributed by atoms with E-state index in [1.54, 1.807) is 13.0 Å². The Bertz CT molecular complexity index is 596. The molecule has 20 heavy (non-hydrogen) atoms. The number of alkyl halides is 4. The first kappa shape index (κ1) is 14.7. The van der Waals surface area contributed by atoms with Gasteiger partial charge in [0.15, 0.2) is 0 Å². The monoisotopic (exact) mass is 301 g/mol. The van der Waals surface area contributed by atoms with Crippen LogP contribution < -0.4 is 4.74 Å². The van der Waals surface area contributed by atoms with Crippen molar-refractivity contribution < 1.29 is 17.9 Å². The van der Waals surface area contributed by atoms with Gasteiger partial charge in [0.1, 0.15) is 5.75 Å². The van der Waals surface area contributed by atoms with Gasteiger partial charge in [0.2, 0.25) is 5.88 Å². The molecule has 1 aromatic carbocycles. The highest BCUT2D eigenvalue weighted by Crippen LogP contribution is 2.31. The summed E-state index contributed by atoms with van der Waals surface area (Å²) in [5, 5.41) is 0. The maximum atomic E-state index is 12.4. The van der Waals surface area contributed by atoms with E-state index in [1.165, 1.54) is 12.1 Å². The van der Waals surface area contributed by atoms with Crippen molar-refractivity contribution in [2.45, 2.75) is 19.0 Å². The number of aryl methyl sites for hydroxylation is 1. The Morgan fingerprint density at radius 2 is 1.80 bits per heavy atom. The zero-order valence-corrected chi connectivity index (χ0v) is 11.3. The molecule has 1 heterocycles. The largest absolute Gasteiger partial charge is 0.439 e. The molecule has 0 amide bonds. The normalized spacial score (nSPS) is 11.4. The lowest BCUT2D eigenvalue weighted by molar-refractivity contribution is -0.137. The molecule has 0 unspecified atom stereocenters. The van der Waals surface area contributed by atoms with Gasteiger partial charge in [-0.05, 0) is 42.8 Å². The number of rotatable bonds is 3. The Morgan fingerprint density at radius 3 is 2.35 bits per heavy atom. The molecule has 2 rings (SSSR count). The molecular formula is C14H11ClF3NO. The van der Waals surface area contributed by atoms with E-state index in [0.717, 1.165) is 23.4 Å². The second-order valence-electron chi connectivity index (χ2n) is 4.21. The summed E-state index contributed by atoms with van der Waals surface area (Å²) in [6.45, 7) is 1.79. The molecule has 106 valence electrons. The van der Waals surface area contributed by atoms with Crippen molar-refractivity contribution in [3.63, 3.8) is 0 Å². The zero-order chi connectivity index (χ0) is 14.8. The van der Waals surface area contributed by atoms with Gasteiger partial charge in [-0.15, -0.1) is 11.6 Å². The van der Waals surface area contributed by atoms with Gasteiger partial charge in [-0.1, -0.05) is 0 Å². The topological polar surface area (TPSA) is 22.1 Å². The first-order chi connectivity index (χ1) is 9.38. The summed E-state index contributed by atoms with van der Waals surface area (Å²) < 4.78 is 42.7. The van der Waals surface area contributed by atoms with Crippen LogP contribution in [0.4, 0.5) is 13.2 Å². The Kier molecular flexibility index (Phi) is 4.18.